The number of hydrogen-bond acceptors (Lipinski definition) is 5. The molecule has 0 aliphatic carbocycles. The number of nitro groups is 1. The van der Waals surface area contributed by atoms with Gasteiger partial charge in [-0.1, -0.05) is 5.16 Å². The van der Waals surface area contributed by atoms with Gasteiger partial charge in [0.1, 0.15) is 17.5 Å². The van der Waals surface area contributed by atoms with Crippen LogP contribution in [0, 0.1) is 21.7 Å². The van der Waals surface area contributed by atoms with Crippen LogP contribution in [0.1, 0.15) is 16.1 Å². The van der Waals surface area contributed by atoms with Crippen molar-refractivity contribution in [3.63, 3.8) is 0 Å². The molecular formula is C11H7F2N3O4. The zero-order valence-electron chi connectivity index (χ0n) is 9.80. The fourth-order valence-electron chi connectivity index (χ4n) is 1.46. The van der Waals surface area contributed by atoms with Gasteiger partial charge in [0.15, 0.2) is 11.6 Å². The molecule has 7 nitrogen and oxygen atoms in total. The molecule has 1 aromatic heterocycles. The number of nitrogens with zero attached hydrogens (tertiary/aromatic N) is 2. The van der Waals surface area contributed by atoms with Gasteiger partial charge in [-0.25, -0.2) is 8.78 Å². The van der Waals surface area contributed by atoms with Crippen molar-refractivity contribution in [2.75, 3.05) is 0 Å². The molecule has 1 aromatic carbocycles. The number of halogens is 2. The molecule has 104 valence electrons. The Labute approximate surface area is 110 Å². The lowest BCUT2D eigenvalue weighted by atomic mass is 10.1. The van der Waals surface area contributed by atoms with E-state index in [-0.39, 0.29) is 6.54 Å². The molecule has 0 aliphatic rings. The summed E-state index contributed by atoms with van der Waals surface area (Å²) < 4.78 is 30.6. The van der Waals surface area contributed by atoms with E-state index in [9.17, 15) is 23.7 Å². The lowest BCUT2D eigenvalue weighted by Gasteiger charge is -2.04. The van der Waals surface area contributed by atoms with E-state index in [1.807, 2.05) is 0 Å². The zero-order chi connectivity index (χ0) is 14.7. The number of carbonyl (C=O) groups excluding carboxylic acids is 1. The third-order valence-electron chi connectivity index (χ3n) is 2.40. The number of benzene rings is 1. The van der Waals surface area contributed by atoms with Crippen molar-refractivity contribution in [2.45, 2.75) is 6.54 Å². The molecule has 0 saturated carbocycles. The van der Waals surface area contributed by atoms with Crippen LogP contribution >= 0.6 is 0 Å². The van der Waals surface area contributed by atoms with Crippen LogP contribution in [0.15, 0.2) is 29.0 Å². The SMILES string of the molecule is O=C(NCc1ccon1)c1cc(F)c(F)cc1[N+](=O)[O-]. The highest BCUT2D eigenvalue weighted by Gasteiger charge is 2.23. The number of hydrogen-bond donors (Lipinski definition) is 1. The zero-order valence-corrected chi connectivity index (χ0v) is 9.80. The third-order valence-corrected chi connectivity index (χ3v) is 2.40. The monoisotopic (exact) mass is 283 g/mol. The van der Waals surface area contributed by atoms with E-state index >= 15 is 0 Å². The predicted molar refractivity (Wildman–Crippen MR) is 60.7 cm³/mol. The van der Waals surface area contributed by atoms with Crippen molar-refractivity contribution in [3.8, 4) is 0 Å². The maximum atomic E-state index is 13.1. The van der Waals surface area contributed by atoms with Crippen LogP contribution in [0.2, 0.25) is 0 Å². The second-order valence-corrected chi connectivity index (χ2v) is 3.71. The Kier molecular flexibility index (Phi) is 3.69. The molecule has 20 heavy (non-hydrogen) atoms. The molecular weight excluding hydrogens is 276 g/mol. The van der Waals surface area contributed by atoms with Gasteiger partial charge in [-0.3, -0.25) is 14.9 Å². The molecule has 0 radical (unpaired) electrons. The van der Waals surface area contributed by atoms with Gasteiger partial charge in [0.25, 0.3) is 11.6 Å². The van der Waals surface area contributed by atoms with Gasteiger partial charge in [0.05, 0.1) is 17.5 Å². The van der Waals surface area contributed by atoms with Crippen LogP contribution in [-0.2, 0) is 6.54 Å². The van der Waals surface area contributed by atoms with Gasteiger partial charge < -0.3 is 9.84 Å². The average Bonchev–Trinajstić information content (AvgIpc) is 2.91. The minimum atomic E-state index is -1.40. The highest BCUT2D eigenvalue weighted by molar-refractivity contribution is 5.98. The quantitative estimate of drug-likeness (QED) is 0.681. The van der Waals surface area contributed by atoms with Crippen molar-refractivity contribution >= 4 is 11.6 Å². The lowest BCUT2D eigenvalue weighted by molar-refractivity contribution is -0.385. The van der Waals surface area contributed by atoms with Crippen molar-refractivity contribution in [2.24, 2.45) is 0 Å². The topological polar surface area (TPSA) is 98.3 Å². The Morgan fingerprint density at radius 3 is 2.70 bits per heavy atom. The van der Waals surface area contributed by atoms with Crippen LogP contribution < -0.4 is 5.32 Å². The van der Waals surface area contributed by atoms with Gasteiger partial charge in [-0.2, -0.15) is 0 Å². The number of nitrogens with one attached hydrogen (secondary N) is 1. The first kappa shape index (κ1) is 13.6. The molecule has 2 aromatic rings. The molecule has 1 heterocycles. The standard InChI is InChI=1S/C11H7F2N3O4/c12-8-3-7(10(16(18)19)4-9(8)13)11(17)14-5-6-1-2-20-15-6/h1-4H,5H2,(H,14,17). The van der Waals surface area contributed by atoms with E-state index in [2.05, 4.69) is 15.0 Å². The number of nitro benzene ring substituents is 1. The molecule has 0 fully saturated rings. The maximum Gasteiger partial charge on any atom is 0.285 e. The van der Waals surface area contributed by atoms with E-state index in [1.165, 1.54) is 12.3 Å². The molecule has 9 heteroatoms. The van der Waals surface area contributed by atoms with Crippen LogP contribution in [0.4, 0.5) is 14.5 Å². The summed E-state index contributed by atoms with van der Waals surface area (Å²) in [5.74, 6) is -3.66. The van der Waals surface area contributed by atoms with Crippen LogP contribution in [0.3, 0.4) is 0 Å². The summed E-state index contributed by atoms with van der Waals surface area (Å²) in [4.78, 5) is 21.5. The second kappa shape index (κ2) is 5.43. The molecule has 0 atom stereocenters. The van der Waals surface area contributed by atoms with E-state index in [0.29, 0.717) is 17.8 Å². The molecule has 1 amide bonds. The number of carbonyl (C=O) groups is 1. The highest BCUT2D eigenvalue weighted by atomic mass is 19.2. The summed E-state index contributed by atoms with van der Waals surface area (Å²) in [5, 5.41) is 16.5. The minimum absolute atomic E-state index is 0.0640. The Balaban J connectivity index is 2.24. The van der Waals surface area contributed by atoms with Crippen molar-refractivity contribution in [1.82, 2.24) is 10.5 Å². The summed E-state index contributed by atoms with van der Waals surface area (Å²) in [6.07, 6.45) is 1.28. The maximum absolute atomic E-state index is 13.1. The smallest absolute Gasteiger partial charge is 0.285 e. The summed E-state index contributed by atoms with van der Waals surface area (Å²) in [5.41, 5.74) is -1.01. The fourth-order valence-corrected chi connectivity index (χ4v) is 1.46. The van der Waals surface area contributed by atoms with Crippen LogP contribution in [-0.4, -0.2) is 16.0 Å². The molecule has 0 spiro atoms. The minimum Gasteiger partial charge on any atom is -0.364 e. The normalized spacial score (nSPS) is 10.3. The first-order valence-electron chi connectivity index (χ1n) is 5.30. The fraction of sp³-hybridized carbons (Fsp3) is 0.0909. The molecule has 0 saturated heterocycles. The first-order chi connectivity index (χ1) is 9.49. The summed E-state index contributed by atoms with van der Waals surface area (Å²) in [7, 11) is 0. The molecule has 2 rings (SSSR count). The van der Waals surface area contributed by atoms with Gasteiger partial charge in [0, 0.05) is 6.07 Å². The second-order valence-electron chi connectivity index (χ2n) is 3.71. The number of aromatic nitrogens is 1. The van der Waals surface area contributed by atoms with Crippen molar-refractivity contribution < 1.29 is 23.0 Å². The molecule has 1 N–H and O–H groups in total. The van der Waals surface area contributed by atoms with E-state index in [1.54, 1.807) is 0 Å². The predicted octanol–water partition coefficient (Wildman–Crippen LogP) is 1.79. The van der Waals surface area contributed by atoms with Crippen LogP contribution in [0.5, 0.6) is 0 Å². The van der Waals surface area contributed by atoms with Crippen molar-refractivity contribution in [3.05, 3.63) is 57.5 Å². The van der Waals surface area contributed by atoms with Crippen LogP contribution in [0.25, 0.3) is 0 Å². The molecule has 0 unspecified atom stereocenters. The van der Waals surface area contributed by atoms with Gasteiger partial charge >= 0.3 is 0 Å². The highest BCUT2D eigenvalue weighted by Crippen LogP contribution is 2.22. The molecule has 0 bridgehead atoms. The largest absolute Gasteiger partial charge is 0.364 e. The lowest BCUT2D eigenvalue weighted by Crippen LogP contribution is -2.24. The third kappa shape index (κ3) is 2.76. The Hall–Kier alpha value is -2.84. The summed E-state index contributed by atoms with van der Waals surface area (Å²) >= 11 is 0. The van der Waals surface area contributed by atoms with Gasteiger partial charge in [-0.15, -0.1) is 0 Å². The van der Waals surface area contributed by atoms with Crippen molar-refractivity contribution in [1.29, 1.82) is 0 Å². The van der Waals surface area contributed by atoms with Gasteiger partial charge in [0.2, 0.25) is 0 Å². The summed E-state index contributed by atoms with van der Waals surface area (Å²) in [6.45, 7) is -0.0640. The average molecular weight is 283 g/mol. The Morgan fingerprint density at radius 2 is 2.10 bits per heavy atom. The van der Waals surface area contributed by atoms with Gasteiger partial charge in [-0.05, 0) is 6.07 Å². The number of amides is 1. The first-order valence-corrected chi connectivity index (χ1v) is 5.30. The van der Waals surface area contributed by atoms with E-state index in [0.717, 1.165) is 0 Å². The summed E-state index contributed by atoms with van der Waals surface area (Å²) in [6, 6.07) is 2.31. The van der Waals surface area contributed by atoms with E-state index in [4.69, 9.17) is 0 Å². The Bertz CT molecular complexity index is 658. The molecule has 0 aliphatic heterocycles. The van der Waals surface area contributed by atoms with E-state index < -0.39 is 33.7 Å². The Morgan fingerprint density at radius 1 is 1.40 bits per heavy atom. The number of rotatable bonds is 4.